The predicted molar refractivity (Wildman–Crippen MR) is 54.1 cm³/mol. The van der Waals surface area contributed by atoms with Crippen LogP contribution < -0.4 is 11.1 Å². The second kappa shape index (κ2) is 5.44. The molecule has 0 unspecified atom stereocenters. The van der Waals surface area contributed by atoms with Crippen LogP contribution in [0.5, 0.6) is 0 Å². The highest BCUT2D eigenvalue weighted by molar-refractivity contribution is 5.95. The monoisotopic (exact) mass is 196 g/mol. The van der Waals surface area contributed by atoms with Gasteiger partial charge in [0.25, 0.3) is 5.91 Å². The summed E-state index contributed by atoms with van der Waals surface area (Å²) in [5.74, 6) is 0.652. The lowest BCUT2D eigenvalue weighted by atomic mass is 10.2. The zero-order chi connectivity index (χ0) is 10.4. The molecule has 1 rings (SSSR count). The normalized spacial score (nSPS) is 10.1. The quantitative estimate of drug-likeness (QED) is 0.688. The molecule has 0 bridgehead atoms. The van der Waals surface area contributed by atoms with Gasteiger partial charge in [-0.3, -0.25) is 4.79 Å². The predicted octanol–water partition coefficient (Wildman–Crippen LogP) is 0.921. The van der Waals surface area contributed by atoms with Gasteiger partial charge in [0.1, 0.15) is 5.76 Å². The van der Waals surface area contributed by atoms with Crippen LogP contribution in [0.25, 0.3) is 0 Å². The first-order chi connectivity index (χ1) is 6.79. The summed E-state index contributed by atoms with van der Waals surface area (Å²) < 4.78 is 5.16. The van der Waals surface area contributed by atoms with Gasteiger partial charge < -0.3 is 15.5 Å². The van der Waals surface area contributed by atoms with Crippen LogP contribution in [-0.4, -0.2) is 19.0 Å². The molecule has 0 saturated heterocycles. The first-order valence-electron chi connectivity index (χ1n) is 4.84. The smallest absolute Gasteiger partial charge is 0.254 e. The number of hydrogen-bond acceptors (Lipinski definition) is 3. The third kappa shape index (κ3) is 2.60. The van der Waals surface area contributed by atoms with Gasteiger partial charge in [-0.25, -0.2) is 0 Å². The lowest BCUT2D eigenvalue weighted by Gasteiger charge is -2.02. The van der Waals surface area contributed by atoms with E-state index in [4.69, 9.17) is 10.2 Å². The van der Waals surface area contributed by atoms with Crippen LogP contribution in [0.15, 0.2) is 16.7 Å². The van der Waals surface area contributed by atoms with Crippen molar-refractivity contribution < 1.29 is 9.21 Å². The van der Waals surface area contributed by atoms with Gasteiger partial charge in [0, 0.05) is 13.0 Å². The summed E-state index contributed by atoms with van der Waals surface area (Å²) in [7, 11) is 0. The van der Waals surface area contributed by atoms with Crippen molar-refractivity contribution in [3.05, 3.63) is 23.7 Å². The second-order valence-electron chi connectivity index (χ2n) is 3.01. The number of carbonyl (C=O) groups is 1. The molecule has 14 heavy (non-hydrogen) atoms. The molecular formula is C10H16N2O2. The first kappa shape index (κ1) is 10.8. The fourth-order valence-electron chi connectivity index (χ4n) is 1.22. The minimum atomic E-state index is -0.0796. The van der Waals surface area contributed by atoms with E-state index in [0.29, 0.717) is 18.7 Å². The number of carbonyl (C=O) groups excluding carboxylic acids is 1. The van der Waals surface area contributed by atoms with E-state index >= 15 is 0 Å². The Morgan fingerprint density at radius 1 is 1.64 bits per heavy atom. The van der Waals surface area contributed by atoms with Crippen LogP contribution in [-0.2, 0) is 6.42 Å². The van der Waals surface area contributed by atoms with Crippen LogP contribution >= 0.6 is 0 Å². The van der Waals surface area contributed by atoms with Gasteiger partial charge in [-0.2, -0.15) is 0 Å². The van der Waals surface area contributed by atoms with Crippen molar-refractivity contribution in [1.82, 2.24) is 5.32 Å². The molecule has 0 aromatic carbocycles. The van der Waals surface area contributed by atoms with Crippen LogP contribution in [0.4, 0.5) is 0 Å². The van der Waals surface area contributed by atoms with Crippen molar-refractivity contribution in [3.8, 4) is 0 Å². The maximum atomic E-state index is 11.5. The molecule has 1 heterocycles. The summed E-state index contributed by atoms with van der Waals surface area (Å²) in [6.45, 7) is 3.16. The number of aryl methyl sites for hydroxylation is 1. The standard InChI is InChI=1S/C10H16N2O2/c1-2-9-8(4-7-14-9)10(13)12-6-3-5-11/h4,7H,2-3,5-6,11H2,1H3,(H,12,13). The Kier molecular flexibility index (Phi) is 4.19. The molecule has 0 spiro atoms. The molecular weight excluding hydrogens is 180 g/mol. The van der Waals surface area contributed by atoms with Crippen LogP contribution in [0.3, 0.4) is 0 Å². The average Bonchev–Trinajstić information content (AvgIpc) is 2.65. The first-order valence-corrected chi connectivity index (χ1v) is 4.84. The number of nitrogens with two attached hydrogens (primary N) is 1. The Hall–Kier alpha value is -1.29. The third-order valence-electron chi connectivity index (χ3n) is 1.98. The van der Waals surface area contributed by atoms with Crippen LogP contribution in [0.1, 0.15) is 29.5 Å². The van der Waals surface area contributed by atoms with E-state index in [0.717, 1.165) is 18.6 Å². The molecule has 1 amide bonds. The Labute approximate surface area is 83.5 Å². The SMILES string of the molecule is CCc1occc1C(=O)NCCCN. The van der Waals surface area contributed by atoms with Crippen molar-refractivity contribution in [3.63, 3.8) is 0 Å². The van der Waals surface area contributed by atoms with Crippen molar-refractivity contribution in [2.75, 3.05) is 13.1 Å². The molecule has 4 heteroatoms. The summed E-state index contributed by atoms with van der Waals surface area (Å²) in [4.78, 5) is 11.5. The van der Waals surface area contributed by atoms with Gasteiger partial charge in [0.15, 0.2) is 0 Å². The van der Waals surface area contributed by atoms with E-state index < -0.39 is 0 Å². The number of furan rings is 1. The molecule has 0 saturated carbocycles. The van der Waals surface area contributed by atoms with Crippen molar-refractivity contribution >= 4 is 5.91 Å². The summed E-state index contributed by atoms with van der Waals surface area (Å²) in [6.07, 6.45) is 3.06. The van der Waals surface area contributed by atoms with Crippen LogP contribution in [0.2, 0.25) is 0 Å². The maximum Gasteiger partial charge on any atom is 0.254 e. The highest BCUT2D eigenvalue weighted by atomic mass is 16.3. The summed E-state index contributed by atoms with van der Waals surface area (Å²) >= 11 is 0. The fourth-order valence-corrected chi connectivity index (χ4v) is 1.22. The molecule has 0 aliphatic heterocycles. The molecule has 0 aliphatic rings. The molecule has 4 nitrogen and oxygen atoms in total. The average molecular weight is 196 g/mol. The zero-order valence-electron chi connectivity index (χ0n) is 8.38. The number of nitrogens with one attached hydrogen (secondary N) is 1. The Bertz CT molecular complexity index is 294. The molecule has 1 aromatic heterocycles. The van der Waals surface area contributed by atoms with E-state index in [1.165, 1.54) is 6.26 Å². The highest BCUT2D eigenvalue weighted by Gasteiger charge is 2.11. The van der Waals surface area contributed by atoms with Crippen LogP contribution in [0, 0.1) is 0 Å². The summed E-state index contributed by atoms with van der Waals surface area (Å²) in [5.41, 5.74) is 5.95. The fraction of sp³-hybridized carbons (Fsp3) is 0.500. The largest absolute Gasteiger partial charge is 0.469 e. The van der Waals surface area contributed by atoms with Gasteiger partial charge in [-0.15, -0.1) is 0 Å². The molecule has 1 aromatic rings. The van der Waals surface area contributed by atoms with E-state index in [9.17, 15) is 4.79 Å². The molecule has 0 aliphatic carbocycles. The minimum absolute atomic E-state index is 0.0796. The van der Waals surface area contributed by atoms with E-state index in [1.54, 1.807) is 6.07 Å². The summed E-state index contributed by atoms with van der Waals surface area (Å²) in [6, 6.07) is 1.69. The van der Waals surface area contributed by atoms with E-state index in [2.05, 4.69) is 5.32 Å². The van der Waals surface area contributed by atoms with E-state index in [1.807, 2.05) is 6.92 Å². The number of rotatable bonds is 5. The zero-order valence-corrected chi connectivity index (χ0v) is 8.38. The molecule has 3 N–H and O–H groups in total. The Morgan fingerprint density at radius 2 is 2.43 bits per heavy atom. The molecule has 0 fully saturated rings. The third-order valence-corrected chi connectivity index (χ3v) is 1.98. The van der Waals surface area contributed by atoms with Gasteiger partial charge in [0.2, 0.25) is 0 Å². The minimum Gasteiger partial charge on any atom is -0.469 e. The summed E-state index contributed by atoms with van der Waals surface area (Å²) in [5, 5.41) is 2.78. The van der Waals surface area contributed by atoms with Gasteiger partial charge >= 0.3 is 0 Å². The Balaban J connectivity index is 2.51. The lowest BCUT2D eigenvalue weighted by molar-refractivity contribution is 0.0951. The molecule has 0 atom stereocenters. The van der Waals surface area contributed by atoms with Gasteiger partial charge in [-0.05, 0) is 19.0 Å². The van der Waals surface area contributed by atoms with Crippen molar-refractivity contribution in [1.29, 1.82) is 0 Å². The topological polar surface area (TPSA) is 68.3 Å². The van der Waals surface area contributed by atoms with Gasteiger partial charge in [-0.1, -0.05) is 6.92 Å². The Morgan fingerprint density at radius 3 is 3.07 bits per heavy atom. The molecule has 78 valence electrons. The number of amides is 1. The van der Waals surface area contributed by atoms with E-state index in [-0.39, 0.29) is 5.91 Å². The lowest BCUT2D eigenvalue weighted by Crippen LogP contribution is -2.26. The number of hydrogen-bond donors (Lipinski definition) is 2. The van der Waals surface area contributed by atoms with Crippen molar-refractivity contribution in [2.24, 2.45) is 5.73 Å². The van der Waals surface area contributed by atoms with Gasteiger partial charge in [0.05, 0.1) is 11.8 Å². The highest BCUT2D eigenvalue weighted by Crippen LogP contribution is 2.10. The van der Waals surface area contributed by atoms with Crippen molar-refractivity contribution in [2.45, 2.75) is 19.8 Å². The maximum absolute atomic E-state index is 11.5. The second-order valence-corrected chi connectivity index (χ2v) is 3.01. The molecule has 0 radical (unpaired) electrons.